The Morgan fingerprint density at radius 3 is 2.76 bits per heavy atom. The van der Waals surface area contributed by atoms with Gasteiger partial charge in [-0.25, -0.2) is 9.98 Å². The highest BCUT2D eigenvalue weighted by molar-refractivity contribution is 14.0. The highest BCUT2D eigenvalue weighted by Gasteiger charge is 2.11. The van der Waals surface area contributed by atoms with Gasteiger partial charge < -0.3 is 15.6 Å². The highest BCUT2D eigenvalue weighted by Crippen LogP contribution is 2.20. The molecule has 1 aliphatic heterocycles. The van der Waals surface area contributed by atoms with Crippen LogP contribution < -0.4 is 11.1 Å². The van der Waals surface area contributed by atoms with Crippen LogP contribution in [0.5, 0.6) is 0 Å². The summed E-state index contributed by atoms with van der Waals surface area (Å²) in [4.78, 5) is 9.06. The van der Waals surface area contributed by atoms with Crippen molar-refractivity contribution in [2.75, 3.05) is 5.32 Å². The van der Waals surface area contributed by atoms with E-state index in [-0.39, 0.29) is 24.0 Å². The molecule has 0 saturated heterocycles. The van der Waals surface area contributed by atoms with Crippen LogP contribution in [0.1, 0.15) is 56.1 Å². The van der Waals surface area contributed by atoms with Gasteiger partial charge in [0, 0.05) is 24.8 Å². The van der Waals surface area contributed by atoms with Crippen LogP contribution in [0.3, 0.4) is 0 Å². The number of aliphatic imine (C=N–C) groups is 1. The van der Waals surface area contributed by atoms with Gasteiger partial charge in [-0.3, -0.25) is 0 Å². The summed E-state index contributed by atoms with van der Waals surface area (Å²) in [5.41, 5.74) is 9.31. The molecule has 25 heavy (non-hydrogen) atoms. The van der Waals surface area contributed by atoms with Crippen molar-refractivity contribution in [3.63, 3.8) is 0 Å². The molecular formula is C19H28IN5. The molecule has 0 fully saturated rings. The van der Waals surface area contributed by atoms with Crippen molar-refractivity contribution in [1.82, 2.24) is 9.55 Å². The van der Waals surface area contributed by atoms with Crippen LogP contribution in [-0.4, -0.2) is 15.5 Å². The third-order valence-corrected chi connectivity index (χ3v) is 4.73. The molecular weight excluding hydrogens is 425 g/mol. The minimum Gasteiger partial charge on any atom is -0.370 e. The van der Waals surface area contributed by atoms with E-state index < -0.39 is 0 Å². The minimum atomic E-state index is 0. The van der Waals surface area contributed by atoms with E-state index in [9.17, 15) is 0 Å². The number of fused-ring (bicyclic) bond motifs is 1. The van der Waals surface area contributed by atoms with E-state index in [0.717, 1.165) is 30.8 Å². The number of aryl methyl sites for hydroxylation is 2. The number of benzene rings is 1. The highest BCUT2D eigenvalue weighted by atomic mass is 127. The van der Waals surface area contributed by atoms with Crippen molar-refractivity contribution < 1.29 is 0 Å². The number of nitrogens with one attached hydrogen (secondary N) is 1. The van der Waals surface area contributed by atoms with Crippen LogP contribution >= 0.6 is 24.0 Å². The first kappa shape index (κ1) is 19.8. The molecule has 5 nitrogen and oxygen atoms in total. The number of hydrogen-bond donors (Lipinski definition) is 2. The summed E-state index contributed by atoms with van der Waals surface area (Å²) in [7, 11) is 0. The SMILES string of the molecule is CCC(C)c1ccc(NC(N)=NCc2cn3c(n2)CCCC3)cc1.I. The fourth-order valence-electron chi connectivity index (χ4n) is 3.03. The molecule has 0 aliphatic carbocycles. The van der Waals surface area contributed by atoms with Crippen molar-refractivity contribution in [2.45, 2.75) is 58.5 Å². The first-order valence-electron chi connectivity index (χ1n) is 8.87. The Labute approximate surface area is 167 Å². The molecule has 0 saturated carbocycles. The molecule has 2 aromatic rings. The second-order valence-corrected chi connectivity index (χ2v) is 6.56. The van der Waals surface area contributed by atoms with Crippen molar-refractivity contribution in [3.05, 3.63) is 47.5 Å². The molecule has 1 unspecified atom stereocenters. The number of aromatic nitrogens is 2. The fraction of sp³-hybridized carbons (Fsp3) is 0.474. The quantitative estimate of drug-likeness (QED) is 0.404. The number of nitrogens with zero attached hydrogens (tertiary/aromatic N) is 3. The van der Waals surface area contributed by atoms with Gasteiger partial charge in [0.15, 0.2) is 5.96 Å². The second kappa shape index (κ2) is 9.22. The summed E-state index contributed by atoms with van der Waals surface area (Å²) in [6.07, 6.45) is 6.79. The van der Waals surface area contributed by atoms with Crippen LogP contribution in [-0.2, 0) is 19.5 Å². The molecule has 1 aliphatic rings. The monoisotopic (exact) mass is 453 g/mol. The number of guanidine groups is 1. The summed E-state index contributed by atoms with van der Waals surface area (Å²) in [5, 5.41) is 3.15. The first-order valence-corrected chi connectivity index (χ1v) is 8.87. The average Bonchev–Trinajstić information content (AvgIpc) is 3.03. The second-order valence-electron chi connectivity index (χ2n) is 6.56. The van der Waals surface area contributed by atoms with E-state index in [4.69, 9.17) is 5.73 Å². The number of rotatable bonds is 5. The zero-order valence-electron chi connectivity index (χ0n) is 15.0. The van der Waals surface area contributed by atoms with E-state index in [1.54, 1.807) is 0 Å². The van der Waals surface area contributed by atoms with Gasteiger partial charge in [0.05, 0.1) is 12.2 Å². The predicted octanol–water partition coefficient (Wildman–Crippen LogP) is 4.28. The smallest absolute Gasteiger partial charge is 0.193 e. The van der Waals surface area contributed by atoms with Gasteiger partial charge in [0.25, 0.3) is 0 Å². The van der Waals surface area contributed by atoms with Gasteiger partial charge >= 0.3 is 0 Å². The topological polar surface area (TPSA) is 68.2 Å². The molecule has 1 atom stereocenters. The number of hydrogen-bond acceptors (Lipinski definition) is 2. The number of halogens is 1. The Morgan fingerprint density at radius 1 is 1.32 bits per heavy atom. The van der Waals surface area contributed by atoms with Crippen LogP contribution in [0.15, 0.2) is 35.5 Å². The number of imidazole rings is 1. The Kier molecular flexibility index (Phi) is 7.28. The largest absolute Gasteiger partial charge is 0.370 e. The van der Waals surface area contributed by atoms with Crippen LogP contribution in [0, 0.1) is 0 Å². The molecule has 3 rings (SSSR count). The van der Waals surface area contributed by atoms with Crippen molar-refractivity contribution >= 4 is 35.6 Å². The van der Waals surface area contributed by atoms with Gasteiger partial charge in [-0.2, -0.15) is 0 Å². The molecule has 0 radical (unpaired) electrons. The van der Waals surface area contributed by atoms with Gasteiger partial charge in [-0.05, 0) is 42.9 Å². The number of anilines is 1. The molecule has 0 bridgehead atoms. The minimum absolute atomic E-state index is 0. The molecule has 1 aromatic carbocycles. The van der Waals surface area contributed by atoms with Gasteiger partial charge in [0.2, 0.25) is 0 Å². The maximum absolute atomic E-state index is 6.00. The van der Waals surface area contributed by atoms with E-state index in [0.29, 0.717) is 18.4 Å². The summed E-state index contributed by atoms with van der Waals surface area (Å²) >= 11 is 0. The maximum atomic E-state index is 6.00. The van der Waals surface area contributed by atoms with Gasteiger partial charge in [0.1, 0.15) is 5.82 Å². The average molecular weight is 453 g/mol. The third kappa shape index (κ3) is 5.20. The van der Waals surface area contributed by atoms with E-state index in [1.807, 2.05) is 0 Å². The standard InChI is InChI=1S/C19H27N5.HI/c1-3-14(2)15-7-9-16(10-8-15)23-19(20)21-12-17-13-24-11-5-4-6-18(24)22-17;/h7-10,13-14H,3-6,11-12H2,1-2H3,(H3,20,21,23);1H. The van der Waals surface area contributed by atoms with Crippen LogP contribution in [0.4, 0.5) is 5.69 Å². The van der Waals surface area contributed by atoms with Crippen molar-refractivity contribution in [3.8, 4) is 0 Å². The van der Waals surface area contributed by atoms with Crippen molar-refractivity contribution in [2.24, 2.45) is 10.7 Å². The lowest BCUT2D eigenvalue weighted by Crippen LogP contribution is -2.22. The van der Waals surface area contributed by atoms with E-state index >= 15 is 0 Å². The molecule has 2 heterocycles. The Hall–Kier alpha value is -1.57. The molecule has 0 spiro atoms. The summed E-state index contributed by atoms with van der Waals surface area (Å²) in [6.45, 7) is 6.03. The molecule has 6 heteroatoms. The van der Waals surface area contributed by atoms with E-state index in [1.165, 1.54) is 24.2 Å². The number of nitrogens with two attached hydrogens (primary N) is 1. The van der Waals surface area contributed by atoms with Crippen LogP contribution in [0.2, 0.25) is 0 Å². The zero-order chi connectivity index (χ0) is 16.9. The summed E-state index contributed by atoms with van der Waals surface area (Å²) in [5.74, 6) is 2.19. The van der Waals surface area contributed by atoms with E-state index in [2.05, 4.69) is 64.2 Å². The van der Waals surface area contributed by atoms with Gasteiger partial charge in [-0.1, -0.05) is 26.0 Å². The summed E-state index contributed by atoms with van der Waals surface area (Å²) < 4.78 is 2.24. The lowest BCUT2D eigenvalue weighted by molar-refractivity contribution is 0.522. The Morgan fingerprint density at radius 2 is 2.08 bits per heavy atom. The lowest BCUT2D eigenvalue weighted by Gasteiger charge is -2.11. The summed E-state index contributed by atoms with van der Waals surface area (Å²) in [6, 6.07) is 8.40. The maximum Gasteiger partial charge on any atom is 0.193 e. The predicted molar refractivity (Wildman–Crippen MR) is 115 cm³/mol. The van der Waals surface area contributed by atoms with Gasteiger partial charge in [-0.15, -0.1) is 24.0 Å². The molecule has 0 amide bonds. The molecule has 136 valence electrons. The molecule has 3 N–H and O–H groups in total. The normalized spacial score (nSPS) is 15.2. The first-order chi connectivity index (χ1) is 11.7. The third-order valence-electron chi connectivity index (χ3n) is 4.73. The zero-order valence-corrected chi connectivity index (χ0v) is 17.4. The van der Waals surface area contributed by atoms with Crippen molar-refractivity contribution in [1.29, 1.82) is 0 Å². The Bertz CT molecular complexity index is 682. The van der Waals surface area contributed by atoms with Crippen LogP contribution in [0.25, 0.3) is 0 Å². The molecule has 1 aromatic heterocycles. The lowest BCUT2D eigenvalue weighted by atomic mass is 9.99. The Balaban J connectivity index is 0.00000225. The fourth-order valence-corrected chi connectivity index (χ4v) is 3.03.